The summed E-state index contributed by atoms with van der Waals surface area (Å²) in [6, 6.07) is 10.2. The third-order valence-electron chi connectivity index (χ3n) is 3.52. The Balaban J connectivity index is 2.14. The molecule has 0 saturated heterocycles. The maximum Gasteiger partial charge on any atom is 0.335 e. The summed E-state index contributed by atoms with van der Waals surface area (Å²) in [5.41, 5.74) is 9.92. The Bertz CT molecular complexity index is 859. The second-order valence-corrected chi connectivity index (χ2v) is 5.04. The molecule has 0 atom stereocenters. The van der Waals surface area contributed by atoms with E-state index in [-0.39, 0.29) is 5.56 Å². The summed E-state index contributed by atoms with van der Waals surface area (Å²) in [6.07, 6.45) is 3.17. The highest BCUT2D eigenvalue weighted by Gasteiger charge is 2.13. The van der Waals surface area contributed by atoms with Crippen molar-refractivity contribution >= 4 is 11.8 Å². The predicted molar refractivity (Wildman–Crippen MR) is 86.8 cm³/mol. The number of hydrogen-bond acceptors (Lipinski definition) is 5. The van der Waals surface area contributed by atoms with Gasteiger partial charge in [0.15, 0.2) is 0 Å². The van der Waals surface area contributed by atoms with Crippen LogP contribution in [0.15, 0.2) is 48.9 Å². The molecule has 1 aromatic carbocycles. The molecule has 3 rings (SSSR count). The highest BCUT2D eigenvalue weighted by atomic mass is 16.4. The number of hydrogen-bond donors (Lipinski definition) is 2. The van der Waals surface area contributed by atoms with Gasteiger partial charge in [0, 0.05) is 28.6 Å². The van der Waals surface area contributed by atoms with Crippen molar-refractivity contribution in [3.05, 3.63) is 60.2 Å². The van der Waals surface area contributed by atoms with Crippen LogP contribution >= 0.6 is 0 Å². The van der Waals surface area contributed by atoms with Crippen LogP contribution in [0, 0.1) is 6.92 Å². The fraction of sp³-hybridized carbons (Fsp3) is 0.0588. The lowest BCUT2D eigenvalue weighted by Crippen LogP contribution is -1.98. The number of pyridine rings is 1. The van der Waals surface area contributed by atoms with Crippen molar-refractivity contribution in [2.45, 2.75) is 6.92 Å². The van der Waals surface area contributed by atoms with E-state index in [0.29, 0.717) is 5.82 Å². The van der Waals surface area contributed by atoms with E-state index in [4.69, 9.17) is 10.8 Å². The molecule has 0 aliphatic rings. The molecule has 0 aliphatic carbocycles. The topological polar surface area (TPSA) is 102 Å². The molecule has 2 heterocycles. The Morgan fingerprint density at radius 1 is 1.00 bits per heavy atom. The summed E-state index contributed by atoms with van der Waals surface area (Å²) >= 11 is 0. The predicted octanol–water partition coefficient (Wildman–Crippen LogP) is 2.79. The fourth-order valence-electron chi connectivity index (χ4n) is 2.36. The number of carboxylic acids is 1. The number of carbonyl (C=O) groups is 1. The average molecular weight is 306 g/mol. The van der Waals surface area contributed by atoms with Crippen molar-refractivity contribution in [2.24, 2.45) is 0 Å². The molecule has 0 aliphatic heterocycles. The monoisotopic (exact) mass is 306 g/mol. The number of nitrogens with two attached hydrogens (primary N) is 1. The van der Waals surface area contributed by atoms with Crippen molar-refractivity contribution in [1.82, 2.24) is 15.0 Å². The van der Waals surface area contributed by atoms with E-state index in [0.717, 1.165) is 28.1 Å². The lowest BCUT2D eigenvalue weighted by Gasteiger charge is -2.11. The third-order valence-corrected chi connectivity index (χ3v) is 3.52. The minimum absolute atomic E-state index is 0.232. The number of anilines is 1. The summed E-state index contributed by atoms with van der Waals surface area (Å²) in [5, 5.41) is 9.00. The second kappa shape index (κ2) is 5.84. The molecule has 0 spiro atoms. The van der Waals surface area contributed by atoms with E-state index in [1.807, 2.05) is 13.0 Å². The van der Waals surface area contributed by atoms with Crippen LogP contribution in [0.3, 0.4) is 0 Å². The minimum Gasteiger partial charge on any atom is -0.478 e. The van der Waals surface area contributed by atoms with Gasteiger partial charge in [-0.25, -0.2) is 19.7 Å². The molecular formula is C17H14N4O2. The second-order valence-electron chi connectivity index (χ2n) is 5.04. The van der Waals surface area contributed by atoms with E-state index >= 15 is 0 Å². The number of nitrogen functional groups attached to an aromatic ring is 1. The number of aromatic nitrogens is 3. The van der Waals surface area contributed by atoms with Gasteiger partial charge in [-0.2, -0.15) is 0 Å². The first-order chi connectivity index (χ1) is 11.1. The summed E-state index contributed by atoms with van der Waals surface area (Å²) < 4.78 is 0. The first-order valence-electron chi connectivity index (χ1n) is 6.93. The van der Waals surface area contributed by atoms with E-state index in [1.165, 1.54) is 6.33 Å². The van der Waals surface area contributed by atoms with Gasteiger partial charge in [0.1, 0.15) is 12.1 Å². The SMILES string of the molecule is Cc1ncnc(-c2ccc(C(=O)O)cc2)c1-c1ccc(N)nc1. The molecule has 3 N–H and O–H groups in total. The molecular weight excluding hydrogens is 292 g/mol. The van der Waals surface area contributed by atoms with Crippen molar-refractivity contribution in [2.75, 3.05) is 5.73 Å². The van der Waals surface area contributed by atoms with E-state index in [2.05, 4.69) is 15.0 Å². The molecule has 0 radical (unpaired) electrons. The van der Waals surface area contributed by atoms with Gasteiger partial charge in [-0.05, 0) is 31.2 Å². The van der Waals surface area contributed by atoms with Crippen LogP contribution in [-0.4, -0.2) is 26.0 Å². The van der Waals surface area contributed by atoms with Crippen LogP contribution in [0.4, 0.5) is 5.82 Å². The van der Waals surface area contributed by atoms with Gasteiger partial charge in [-0.3, -0.25) is 0 Å². The van der Waals surface area contributed by atoms with Crippen LogP contribution in [0.1, 0.15) is 16.1 Å². The highest BCUT2D eigenvalue weighted by Crippen LogP contribution is 2.32. The lowest BCUT2D eigenvalue weighted by molar-refractivity contribution is 0.0697. The van der Waals surface area contributed by atoms with Crippen LogP contribution in [-0.2, 0) is 0 Å². The van der Waals surface area contributed by atoms with E-state index < -0.39 is 5.97 Å². The number of carboxylic acid groups (broad SMARTS) is 1. The molecule has 23 heavy (non-hydrogen) atoms. The number of nitrogens with zero attached hydrogens (tertiary/aromatic N) is 3. The molecule has 0 bridgehead atoms. The van der Waals surface area contributed by atoms with Gasteiger partial charge in [-0.15, -0.1) is 0 Å². The van der Waals surface area contributed by atoms with Crippen molar-refractivity contribution < 1.29 is 9.90 Å². The normalized spacial score (nSPS) is 10.5. The van der Waals surface area contributed by atoms with Gasteiger partial charge in [0.25, 0.3) is 0 Å². The number of rotatable bonds is 3. The average Bonchev–Trinajstić information content (AvgIpc) is 2.56. The van der Waals surface area contributed by atoms with Crippen LogP contribution in [0.25, 0.3) is 22.4 Å². The molecule has 0 saturated carbocycles. The van der Waals surface area contributed by atoms with Crippen molar-refractivity contribution in [1.29, 1.82) is 0 Å². The zero-order valence-electron chi connectivity index (χ0n) is 12.4. The first kappa shape index (κ1) is 14.6. The molecule has 0 fully saturated rings. The molecule has 0 unspecified atom stereocenters. The van der Waals surface area contributed by atoms with Crippen molar-refractivity contribution in [3.8, 4) is 22.4 Å². The van der Waals surface area contributed by atoms with Crippen molar-refractivity contribution in [3.63, 3.8) is 0 Å². The zero-order valence-corrected chi connectivity index (χ0v) is 12.4. The molecule has 2 aromatic heterocycles. The smallest absolute Gasteiger partial charge is 0.335 e. The largest absolute Gasteiger partial charge is 0.478 e. The Hall–Kier alpha value is -3.28. The Morgan fingerprint density at radius 3 is 2.30 bits per heavy atom. The van der Waals surface area contributed by atoms with Crippen LogP contribution in [0.5, 0.6) is 0 Å². The Labute approximate surface area is 132 Å². The minimum atomic E-state index is -0.960. The van der Waals surface area contributed by atoms with Gasteiger partial charge in [0.05, 0.1) is 11.3 Å². The van der Waals surface area contributed by atoms with Crippen LogP contribution in [0.2, 0.25) is 0 Å². The number of aryl methyl sites for hydroxylation is 1. The zero-order chi connectivity index (χ0) is 16.4. The Kier molecular flexibility index (Phi) is 3.72. The van der Waals surface area contributed by atoms with Gasteiger partial charge >= 0.3 is 5.97 Å². The van der Waals surface area contributed by atoms with Crippen LogP contribution < -0.4 is 5.73 Å². The maximum absolute atomic E-state index is 11.0. The van der Waals surface area contributed by atoms with E-state index in [1.54, 1.807) is 36.5 Å². The Morgan fingerprint density at radius 2 is 1.70 bits per heavy atom. The summed E-state index contributed by atoms with van der Waals surface area (Å²) in [4.78, 5) is 23.7. The first-order valence-corrected chi connectivity index (χ1v) is 6.93. The summed E-state index contributed by atoms with van der Waals surface area (Å²) in [6.45, 7) is 1.89. The standard InChI is InChI=1S/C17H14N4O2/c1-10-15(13-6-7-14(18)19-8-13)16(21-9-20-10)11-2-4-12(5-3-11)17(22)23/h2-9H,1H3,(H2,18,19)(H,22,23). The maximum atomic E-state index is 11.0. The molecule has 3 aromatic rings. The molecule has 0 amide bonds. The number of aromatic carboxylic acids is 1. The number of benzene rings is 1. The molecule has 114 valence electrons. The fourth-order valence-corrected chi connectivity index (χ4v) is 2.36. The van der Waals surface area contributed by atoms with Gasteiger partial charge < -0.3 is 10.8 Å². The van der Waals surface area contributed by atoms with Gasteiger partial charge in [0.2, 0.25) is 0 Å². The highest BCUT2D eigenvalue weighted by molar-refractivity contribution is 5.89. The summed E-state index contributed by atoms with van der Waals surface area (Å²) in [7, 11) is 0. The molecule has 6 nitrogen and oxygen atoms in total. The van der Waals surface area contributed by atoms with Gasteiger partial charge in [-0.1, -0.05) is 12.1 Å². The third kappa shape index (κ3) is 2.87. The summed E-state index contributed by atoms with van der Waals surface area (Å²) in [5.74, 6) is -0.519. The van der Waals surface area contributed by atoms with E-state index in [9.17, 15) is 4.79 Å². The quantitative estimate of drug-likeness (QED) is 0.771. The molecule has 6 heteroatoms. The lowest BCUT2D eigenvalue weighted by atomic mass is 9.98.